The normalized spacial score (nSPS) is 9.89. The molecular weight excluding hydrogens is 338 g/mol. The van der Waals surface area contributed by atoms with Gasteiger partial charge in [0, 0.05) is 5.56 Å². The van der Waals surface area contributed by atoms with Crippen molar-refractivity contribution >= 4 is 23.2 Å². The molecule has 0 aliphatic heterocycles. The molecule has 5 heteroatoms. The number of anilines is 2. The first-order valence-electron chi connectivity index (χ1n) is 8.40. The lowest BCUT2D eigenvalue weighted by Crippen LogP contribution is -2.16. The van der Waals surface area contributed by atoms with Crippen LogP contribution in [0.25, 0.3) is 11.1 Å². The summed E-state index contributed by atoms with van der Waals surface area (Å²) >= 11 is 0. The number of rotatable bonds is 5. The van der Waals surface area contributed by atoms with E-state index in [0.717, 1.165) is 11.1 Å². The number of hydrogen-bond acceptors (Lipinski definition) is 3. The van der Waals surface area contributed by atoms with Crippen molar-refractivity contribution in [2.75, 3.05) is 10.6 Å². The van der Waals surface area contributed by atoms with E-state index in [9.17, 15) is 9.59 Å². The van der Waals surface area contributed by atoms with E-state index in [2.05, 4.69) is 10.6 Å². The van der Waals surface area contributed by atoms with E-state index in [1.165, 1.54) is 0 Å². The number of carbonyl (C=O) groups is 2. The lowest BCUT2D eigenvalue weighted by atomic mass is 10.0. The minimum atomic E-state index is -0.425. The van der Waals surface area contributed by atoms with E-state index < -0.39 is 5.91 Å². The average molecular weight is 355 g/mol. The van der Waals surface area contributed by atoms with Gasteiger partial charge in [0.1, 0.15) is 6.42 Å². The molecule has 0 bridgehead atoms. The minimum Gasteiger partial charge on any atom is -0.323 e. The summed E-state index contributed by atoms with van der Waals surface area (Å²) in [5, 5.41) is 14.0. The number of para-hydroxylation sites is 2. The first-order valence-corrected chi connectivity index (χ1v) is 8.40. The van der Waals surface area contributed by atoms with Crippen LogP contribution in [0.15, 0.2) is 78.9 Å². The molecule has 3 aromatic carbocycles. The second kappa shape index (κ2) is 8.45. The Kier molecular flexibility index (Phi) is 5.60. The van der Waals surface area contributed by atoms with E-state index in [1.54, 1.807) is 42.5 Å². The highest BCUT2D eigenvalue weighted by Gasteiger charge is 2.11. The third-order valence-electron chi connectivity index (χ3n) is 3.94. The number of amides is 2. The van der Waals surface area contributed by atoms with Crippen LogP contribution in [0.2, 0.25) is 0 Å². The molecule has 3 aromatic rings. The molecule has 2 N–H and O–H groups in total. The standard InChI is InChI=1S/C22H17N3O2/c23-15-14-21(26)24-19-8-4-5-9-20(19)25-22(27)18-12-10-17(11-13-18)16-6-2-1-3-7-16/h1-13H,14H2,(H,24,26)(H,25,27). The highest BCUT2D eigenvalue weighted by atomic mass is 16.2. The maximum Gasteiger partial charge on any atom is 0.255 e. The summed E-state index contributed by atoms with van der Waals surface area (Å²) in [7, 11) is 0. The number of nitrogens with one attached hydrogen (secondary N) is 2. The van der Waals surface area contributed by atoms with Gasteiger partial charge in [-0.25, -0.2) is 0 Å². The summed E-state index contributed by atoms with van der Waals surface area (Å²) in [6.45, 7) is 0. The fourth-order valence-electron chi connectivity index (χ4n) is 2.61. The van der Waals surface area contributed by atoms with Gasteiger partial charge < -0.3 is 10.6 Å². The van der Waals surface area contributed by atoms with E-state index in [-0.39, 0.29) is 12.3 Å². The Morgan fingerprint density at radius 1 is 0.741 bits per heavy atom. The highest BCUT2D eigenvalue weighted by molar-refractivity contribution is 6.07. The van der Waals surface area contributed by atoms with Crippen LogP contribution in [0.4, 0.5) is 11.4 Å². The minimum absolute atomic E-state index is 0.247. The molecule has 0 heterocycles. The maximum absolute atomic E-state index is 12.5. The number of benzene rings is 3. The van der Waals surface area contributed by atoms with Gasteiger partial charge in [0.15, 0.2) is 0 Å². The largest absolute Gasteiger partial charge is 0.323 e. The SMILES string of the molecule is N#CCC(=O)Nc1ccccc1NC(=O)c1ccc(-c2ccccc2)cc1. The summed E-state index contributed by atoms with van der Waals surface area (Å²) < 4.78 is 0. The first kappa shape index (κ1) is 17.9. The van der Waals surface area contributed by atoms with Gasteiger partial charge in [-0.15, -0.1) is 0 Å². The van der Waals surface area contributed by atoms with Crippen molar-refractivity contribution in [2.24, 2.45) is 0 Å². The van der Waals surface area contributed by atoms with Crippen LogP contribution >= 0.6 is 0 Å². The average Bonchev–Trinajstić information content (AvgIpc) is 2.70. The molecule has 0 aromatic heterocycles. The van der Waals surface area contributed by atoms with Gasteiger partial charge in [0.2, 0.25) is 5.91 Å². The Labute approximate surface area is 157 Å². The summed E-state index contributed by atoms with van der Waals surface area (Å²) in [6.07, 6.45) is -0.247. The molecule has 0 spiro atoms. The van der Waals surface area contributed by atoms with E-state index >= 15 is 0 Å². The predicted octanol–water partition coefficient (Wildman–Crippen LogP) is 4.46. The molecule has 0 atom stereocenters. The fraction of sp³-hybridized carbons (Fsp3) is 0.0455. The molecule has 0 unspecified atom stereocenters. The monoisotopic (exact) mass is 355 g/mol. The quantitative estimate of drug-likeness (QED) is 0.709. The lowest BCUT2D eigenvalue weighted by molar-refractivity contribution is -0.115. The number of carbonyl (C=O) groups excluding carboxylic acids is 2. The van der Waals surface area contributed by atoms with Crippen molar-refractivity contribution in [1.82, 2.24) is 0 Å². The van der Waals surface area contributed by atoms with Crippen LogP contribution in [-0.2, 0) is 4.79 Å². The molecule has 0 fully saturated rings. The molecule has 3 rings (SSSR count). The Hall–Kier alpha value is -3.91. The van der Waals surface area contributed by atoms with Gasteiger partial charge >= 0.3 is 0 Å². The Bertz CT molecular complexity index is 990. The fourth-order valence-corrected chi connectivity index (χ4v) is 2.61. The molecule has 0 saturated carbocycles. The van der Waals surface area contributed by atoms with Crippen molar-refractivity contribution in [3.63, 3.8) is 0 Å². The molecular formula is C22H17N3O2. The third-order valence-corrected chi connectivity index (χ3v) is 3.94. The van der Waals surface area contributed by atoms with Crippen LogP contribution in [0.3, 0.4) is 0 Å². The number of hydrogen-bond donors (Lipinski definition) is 2. The lowest BCUT2D eigenvalue weighted by Gasteiger charge is -2.12. The van der Waals surface area contributed by atoms with Gasteiger partial charge in [0.05, 0.1) is 17.4 Å². The van der Waals surface area contributed by atoms with Crippen molar-refractivity contribution in [2.45, 2.75) is 6.42 Å². The van der Waals surface area contributed by atoms with Crippen molar-refractivity contribution in [3.8, 4) is 17.2 Å². The molecule has 0 aliphatic rings. The molecule has 132 valence electrons. The third kappa shape index (κ3) is 4.59. The van der Waals surface area contributed by atoms with Gasteiger partial charge in [-0.1, -0.05) is 54.6 Å². The van der Waals surface area contributed by atoms with Crippen molar-refractivity contribution in [3.05, 3.63) is 84.4 Å². The smallest absolute Gasteiger partial charge is 0.255 e. The number of nitrogens with zero attached hydrogens (tertiary/aromatic N) is 1. The van der Waals surface area contributed by atoms with Gasteiger partial charge in [-0.3, -0.25) is 9.59 Å². The zero-order valence-corrected chi connectivity index (χ0v) is 14.5. The first-order chi connectivity index (χ1) is 13.2. The molecule has 2 amide bonds. The van der Waals surface area contributed by atoms with Crippen molar-refractivity contribution in [1.29, 1.82) is 5.26 Å². The molecule has 0 radical (unpaired) electrons. The molecule has 0 saturated heterocycles. The van der Waals surface area contributed by atoms with Crippen LogP contribution in [0, 0.1) is 11.3 Å². The van der Waals surface area contributed by atoms with E-state index in [0.29, 0.717) is 16.9 Å². The summed E-state index contributed by atoms with van der Waals surface area (Å²) in [5.74, 6) is -0.706. The Balaban J connectivity index is 1.74. The molecule has 27 heavy (non-hydrogen) atoms. The summed E-state index contributed by atoms with van der Waals surface area (Å²) in [5.41, 5.74) is 3.53. The summed E-state index contributed by atoms with van der Waals surface area (Å²) in [4.78, 5) is 24.2. The van der Waals surface area contributed by atoms with Gasteiger partial charge in [-0.05, 0) is 35.4 Å². The molecule has 5 nitrogen and oxygen atoms in total. The van der Waals surface area contributed by atoms with Gasteiger partial charge in [-0.2, -0.15) is 5.26 Å². The van der Waals surface area contributed by atoms with Crippen molar-refractivity contribution < 1.29 is 9.59 Å². The van der Waals surface area contributed by atoms with Crippen LogP contribution in [0.1, 0.15) is 16.8 Å². The van der Waals surface area contributed by atoms with Crippen LogP contribution in [-0.4, -0.2) is 11.8 Å². The second-order valence-electron chi connectivity index (χ2n) is 5.83. The van der Waals surface area contributed by atoms with E-state index in [4.69, 9.17) is 5.26 Å². The van der Waals surface area contributed by atoms with Crippen LogP contribution in [0.5, 0.6) is 0 Å². The maximum atomic E-state index is 12.5. The van der Waals surface area contributed by atoms with Gasteiger partial charge in [0.25, 0.3) is 5.91 Å². The summed E-state index contributed by atoms with van der Waals surface area (Å²) in [6, 6.07) is 25.9. The second-order valence-corrected chi connectivity index (χ2v) is 5.83. The van der Waals surface area contributed by atoms with Crippen LogP contribution < -0.4 is 10.6 Å². The van der Waals surface area contributed by atoms with E-state index in [1.807, 2.05) is 42.5 Å². The highest BCUT2D eigenvalue weighted by Crippen LogP contribution is 2.23. The zero-order valence-electron chi connectivity index (χ0n) is 14.5. The zero-order chi connectivity index (χ0) is 19.1. The number of nitriles is 1. The topological polar surface area (TPSA) is 82.0 Å². The molecule has 0 aliphatic carbocycles. The predicted molar refractivity (Wildman–Crippen MR) is 105 cm³/mol. The Morgan fingerprint density at radius 3 is 1.93 bits per heavy atom. The Morgan fingerprint density at radius 2 is 1.30 bits per heavy atom.